The van der Waals surface area contributed by atoms with Crippen LogP contribution in [0.25, 0.3) is 0 Å². The summed E-state index contributed by atoms with van der Waals surface area (Å²) in [6.45, 7) is 7.59. The lowest BCUT2D eigenvalue weighted by Crippen LogP contribution is -2.78. The maximum Gasteiger partial charge on any atom is 0.241 e. The Morgan fingerprint density at radius 3 is 1.90 bits per heavy atom. The van der Waals surface area contributed by atoms with Gasteiger partial charge in [-0.1, -0.05) is 18.2 Å². The van der Waals surface area contributed by atoms with Gasteiger partial charge in [-0.15, -0.1) is 0 Å². The van der Waals surface area contributed by atoms with E-state index in [1.807, 2.05) is 100 Å². The fourth-order valence-corrected chi connectivity index (χ4v) is 6.05. The number of rotatable bonds is 5. The van der Waals surface area contributed by atoms with E-state index in [1.54, 1.807) is 24.0 Å². The first-order valence-electron chi connectivity index (χ1n) is 12.9. The van der Waals surface area contributed by atoms with E-state index in [0.29, 0.717) is 28.8 Å². The minimum absolute atomic E-state index is 0.0448. The smallest absolute Gasteiger partial charge is 0.241 e. The first-order valence-corrected chi connectivity index (χ1v) is 12.9. The molecule has 200 valence electrons. The molecule has 3 aliphatic heterocycles. The zero-order valence-corrected chi connectivity index (χ0v) is 22.9. The Balaban J connectivity index is 1.45. The van der Waals surface area contributed by atoms with Crippen LogP contribution in [-0.4, -0.2) is 38.2 Å². The summed E-state index contributed by atoms with van der Waals surface area (Å²) in [5.74, 6) is 1.69. The quantitative estimate of drug-likeness (QED) is 0.415. The van der Waals surface area contributed by atoms with E-state index in [9.17, 15) is 9.59 Å². The summed E-state index contributed by atoms with van der Waals surface area (Å²) in [6, 6.07) is 22.5. The van der Waals surface area contributed by atoms with Gasteiger partial charge in [0.1, 0.15) is 16.9 Å². The highest BCUT2D eigenvalue weighted by atomic mass is 16.5. The number of anilines is 2. The number of carbonyl (C=O) groups is 2. The molecule has 0 unspecified atom stereocenters. The van der Waals surface area contributed by atoms with Gasteiger partial charge in [-0.25, -0.2) is 4.99 Å². The highest BCUT2D eigenvalue weighted by Crippen LogP contribution is 2.62. The van der Waals surface area contributed by atoms with Gasteiger partial charge < -0.3 is 14.2 Å². The van der Waals surface area contributed by atoms with Gasteiger partial charge in [0.05, 0.1) is 25.3 Å². The lowest BCUT2D eigenvalue weighted by Gasteiger charge is -2.62. The van der Waals surface area contributed by atoms with E-state index in [1.165, 1.54) is 0 Å². The molecule has 3 aromatic rings. The molecule has 2 amide bonds. The van der Waals surface area contributed by atoms with Gasteiger partial charge in [-0.05, 0) is 82.3 Å². The van der Waals surface area contributed by atoms with Crippen LogP contribution >= 0.6 is 0 Å². The number of methoxy groups -OCH3 is 2. The molecule has 1 spiro atoms. The van der Waals surface area contributed by atoms with E-state index < -0.39 is 22.6 Å². The van der Waals surface area contributed by atoms with Crippen molar-refractivity contribution in [3.8, 4) is 11.5 Å². The van der Waals surface area contributed by atoms with Crippen molar-refractivity contribution < 1.29 is 23.8 Å². The van der Waals surface area contributed by atoms with E-state index in [2.05, 4.69) is 0 Å². The summed E-state index contributed by atoms with van der Waals surface area (Å²) in [7, 11) is 3.21. The van der Waals surface area contributed by atoms with Gasteiger partial charge in [0.25, 0.3) is 0 Å². The molecule has 2 atom stereocenters. The Bertz CT molecular complexity index is 1510. The van der Waals surface area contributed by atoms with Gasteiger partial charge in [-0.3, -0.25) is 19.4 Å². The Morgan fingerprint density at radius 2 is 1.31 bits per heavy atom. The molecular weight excluding hydrogens is 494 g/mol. The minimum Gasteiger partial charge on any atom is -0.497 e. The number of nitrogens with zero attached hydrogens (tertiary/aromatic N) is 3. The first-order chi connectivity index (χ1) is 18.6. The van der Waals surface area contributed by atoms with Crippen molar-refractivity contribution in [2.75, 3.05) is 24.0 Å². The molecule has 0 saturated carbocycles. The summed E-state index contributed by atoms with van der Waals surface area (Å²) in [4.78, 5) is 35.4. The van der Waals surface area contributed by atoms with E-state index in [4.69, 9.17) is 19.2 Å². The van der Waals surface area contributed by atoms with Crippen LogP contribution in [0.4, 0.5) is 17.1 Å². The normalized spacial score (nSPS) is 24.1. The van der Waals surface area contributed by atoms with E-state index >= 15 is 0 Å². The molecule has 0 radical (unpaired) electrons. The molecule has 0 aliphatic carbocycles. The maximum atomic E-state index is 13.8. The Hall–Kier alpha value is -4.33. The molecule has 3 aromatic carbocycles. The maximum absolute atomic E-state index is 13.8. The fraction of sp³-hybridized carbons (Fsp3) is 0.323. The molecule has 3 heterocycles. The number of β-lactam (4-membered cyclic amide) rings is 2. The van der Waals surface area contributed by atoms with Crippen LogP contribution in [0.3, 0.4) is 0 Å². The second kappa shape index (κ2) is 8.33. The molecular formula is C31H31N3O5. The van der Waals surface area contributed by atoms with Gasteiger partial charge in [0, 0.05) is 16.9 Å². The van der Waals surface area contributed by atoms with Gasteiger partial charge in [-0.2, -0.15) is 0 Å². The number of aliphatic imine (C=N–C) groups is 1. The zero-order chi connectivity index (χ0) is 27.7. The highest BCUT2D eigenvalue weighted by Gasteiger charge is 2.74. The number of fused-ring (bicyclic) bond motifs is 2. The van der Waals surface area contributed by atoms with E-state index in [0.717, 1.165) is 11.3 Å². The average molecular weight is 526 g/mol. The number of carbonyl (C=O) groups excluding carboxylic acids is 2. The van der Waals surface area contributed by atoms with Crippen LogP contribution in [0, 0.1) is 10.8 Å². The third kappa shape index (κ3) is 3.14. The first kappa shape index (κ1) is 25.0. The van der Waals surface area contributed by atoms with Crippen molar-refractivity contribution in [1.82, 2.24) is 0 Å². The van der Waals surface area contributed by atoms with E-state index in [-0.39, 0.29) is 11.8 Å². The lowest BCUT2D eigenvalue weighted by molar-refractivity contribution is -0.151. The van der Waals surface area contributed by atoms with Crippen molar-refractivity contribution in [2.45, 2.75) is 39.5 Å². The molecule has 0 N–H and O–H groups in total. The molecule has 8 heteroatoms. The monoisotopic (exact) mass is 525 g/mol. The van der Waals surface area contributed by atoms with Crippen molar-refractivity contribution in [3.05, 3.63) is 78.4 Å². The second-order valence-electron chi connectivity index (χ2n) is 11.2. The number of ether oxygens (including phenoxy) is 3. The van der Waals surface area contributed by atoms with Crippen LogP contribution in [0.5, 0.6) is 11.5 Å². The molecule has 2 saturated heterocycles. The van der Waals surface area contributed by atoms with Crippen molar-refractivity contribution in [2.24, 2.45) is 15.8 Å². The summed E-state index contributed by atoms with van der Waals surface area (Å²) in [5.41, 5.74) is 0.388. The van der Waals surface area contributed by atoms with Gasteiger partial charge >= 0.3 is 0 Å². The standard InChI is InChI=1S/C31H31N3O5/c1-29(2)26(35)33(19-11-15-21(37-5)16-12-19)28(29)39-25-31(23-9-7-8-10-24(23)32-25)30(3,4)27(36)34(31)20-13-17-22(38-6)18-14-20/h7-18,28H,1-6H3/t28-,31-/m0/s1. The van der Waals surface area contributed by atoms with Gasteiger partial charge in [0.2, 0.25) is 17.7 Å². The van der Waals surface area contributed by atoms with Crippen LogP contribution in [0.15, 0.2) is 77.8 Å². The number of para-hydroxylation sites is 1. The van der Waals surface area contributed by atoms with Crippen molar-refractivity contribution >= 4 is 34.8 Å². The third-order valence-corrected chi connectivity index (χ3v) is 8.33. The molecule has 8 nitrogen and oxygen atoms in total. The molecule has 0 aromatic heterocycles. The minimum atomic E-state index is -0.991. The SMILES string of the molecule is COc1ccc(N2C(=O)C(C)(C)[C@@H]2OC2=Nc3ccccc3[C@]23N(c2ccc(OC)cc2)C(=O)C3(C)C)cc1. The summed E-state index contributed by atoms with van der Waals surface area (Å²) < 4.78 is 17.4. The van der Waals surface area contributed by atoms with Crippen LogP contribution < -0.4 is 19.3 Å². The largest absolute Gasteiger partial charge is 0.497 e. The molecule has 39 heavy (non-hydrogen) atoms. The topological polar surface area (TPSA) is 80.7 Å². The molecule has 3 aliphatic rings. The predicted octanol–water partition coefficient (Wildman–Crippen LogP) is 5.43. The van der Waals surface area contributed by atoms with Crippen LogP contribution in [0.1, 0.15) is 33.3 Å². The Morgan fingerprint density at radius 1 is 0.744 bits per heavy atom. The lowest BCUT2D eigenvalue weighted by atomic mass is 9.59. The molecule has 2 fully saturated rings. The van der Waals surface area contributed by atoms with Crippen molar-refractivity contribution in [3.63, 3.8) is 0 Å². The second-order valence-corrected chi connectivity index (χ2v) is 11.2. The summed E-state index contributed by atoms with van der Waals surface area (Å²) in [5, 5.41) is 0. The Kier molecular flexibility index (Phi) is 5.34. The van der Waals surface area contributed by atoms with Crippen molar-refractivity contribution in [1.29, 1.82) is 0 Å². The van der Waals surface area contributed by atoms with Crippen LogP contribution in [0.2, 0.25) is 0 Å². The average Bonchev–Trinajstić information content (AvgIpc) is 3.30. The molecule has 0 bridgehead atoms. The summed E-state index contributed by atoms with van der Waals surface area (Å²) in [6.07, 6.45) is -0.632. The summed E-state index contributed by atoms with van der Waals surface area (Å²) >= 11 is 0. The number of hydrogen-bond donors (Lipinski definition) is 0. The Labute approximate surface area is 227 Å². The van der Waals surface area contributed by atoms with Crippen LogP contribution in [-0.2, 0) is 19.9 Å². The predicted molar refractivity (Wildman–Crippen MR) is 149 cm³/mol. The number of amides is 2. The van der Waals surface area contributed by atoms with Gasteiger partial charge in [0.15, 0.2) is 11.8 Å². The highest BCUT2D eigenvalue weighted by molar-refractivity contribution is 6.20. The fourth-order valence-electron chi connectivity index (χ4n) is 6.05. The number of hydrogen-bond acceptors (Lipinski definition) is 6. The third-order valence-electron chi connectivity index (χ3n) is 8.33. The zero-order valence-electron chi connectivity index (χ0n) is 22.9. The molecule has 6 rings (SSSR count). The number of benzene rings is 3.